The normalized spacial score (nSPS) is 12.9. The molecule has 2 rings (SSSR count). The summed E-state index contributed by atoms with van der Waals surface area (Å²) in [5.41, 5.74) is -11.3. The highest BCUT2D eigenvalue weighted by molar-refractivity contribution is 8.13. The van der Waals surface area contributed by atoms with Gasteiger partial charge in [-0.3, -0.25) is 0 Å². The molecule has 16 heteroatoms. The van der Waals surface area contributed by atoms with Crippen molar-refractivity contribution in [2.75, 3.05) is 0 Å². The third kappa shape index (κ3) is 6.97. The van der Waals surface area contributed by atoms with Crippen molar-refractivity contribution in [1.82, 2.24) is 9.78 Å². The number of halogens is 6. The van der Waals surface area contributed by atoms with E-state index in [4.69, 9.17) is 0 Å². The van der Waals surface area contributed by atoms with E-state index in [1.54, 1.807) is 0 Å². The molecular weight excluding hydrogens is 454 g/mol. The number of nitrogens with zero attached hydrogens (tertiary/aromatic N) is 4. The predicted octanol–water partition coefficient (Wildman–Crippen LogP) is 2.63. The Labute approximate surface area is 161 Å². The van der Waals surface area contributed by atoms with E-state index in [1.807, 2.05) is 47.7 Å². The Hall–Kier alpha value is -2.20. The third-order valence-corrected chi connectivity index (χ3v) is 5.61. The van der Waals surface area contributed by atoms with Crippen molar-refractivity contribution in [1.29, 1.82) is 0 Å². The predicted molar refractivity (Wildman–Crippen MR) is 87.4 cm³/mol. The van der Waals surface area contributed by atoms with Gasteiger partial charge in [0.05, 0.1) is 6.54 Å². The number of sulfonamides is 2. The fourth-order valence-electron chi connectivity index (χ4n) is 1.62. The molecule has 1 aromatic heterocycles. The molecule has 0 N–H and O–H groups in total. The molecule has 1 aromatic carbocycles. The van der Waals surface area contributed by atoms with Crippen LogP contribution in [0, 0.1) is 0 Å². The van der Waals surface area contributed by atoms with E-state index in [1.165, 1.54) is 0 Å². The quantitative estimate of drug-likeness (QED) is 0.496. The van der Waals surface area contributed by atoms with Crippen LogP contribution in [0.25, 0.3) is 9.81 Å². The SMILES string of the molecule is CCC[n+]1cnn(-c2ccccc2)c1.O=S(=O)([N-]S(=O)(=O)C(F)(F)F)C(F)(F)F. The molecule has 0 aliphatic rings. The Morgan fingerprint density at radius 1 is 0.966 bits per heavy atom. The maximum absolute atomic E-state index is 11.4. The third-order valence-electron chi connectivity index (χ3n) is 2.87. The second-order valence-electron chi connectivity index (χ2n) is 5.18. The zero-order chi connectivity index (χ0) is 22.5. The summed E-state index contributed by atoms with van der Waals surface area (Å²) in [6.07, 6.45) is 5.00. The van der Waals surface area contributed by atoms with Crippen molar-refractivity contribution in [3.05, 3.63) is 47.1 Å². The Morgan fingerprint density at radius 3 is 1.86 bits per heavy atom. The van der Waals surface area contributed by atoms with Gasteiger partial charge >= 0.3 is 11.0 Å². The number of alkyl halides is 6. The highest BCUT2D eigenvalue weighted by Crippen LogP contribution is 2.36. The monoisotopic (exact) mass is 468 g/mol. The summed E-state index contributed by atoms with van der Waals surface area (Å²) in [6.45, 7) is 3.18. The molecule has 0 amide bonds. The number of hydrogen-bond acceptors (Lipinski definition) is 5. The van der Waals surface area contributed by atoms with Gasteiger partial charge in [-0.15, -0.1) is 0 Å². The number of para-hydroxylation sites is 1. The first-order valence-corrected chi connectivity index (χ1v) is 10.3. The van der Waals surface area contributed by atoms with Gasteiger partial charge in [0.15, 0.2) is 20.0 Å². The van der Waals surface area contributed by atoms with Crippen molar-refractivity contribution in [3.63, 3.8) is 0 Å². The highest BCUT2D eigenvalue weighted by Gasteiger charge is 2.46. The maximum atomic E-state index is 11.4. The number of rotatable bonds is 5. The largest absolute Gasteiger partial charge is 0.480 e. The molecule has 0 unspecified atom stereocenters. The fourth-order valence-corrected chi connectivity index (χ4v) is 3.33. The minimum Gasteiger partial charge on any atom is -0.421 e. The average Bonchev–Trinajstić information content (AvgIpc) is 3.02. The van der Waals surface area contributed by atoms with E-state index in [-0.39, 0.29) is 0 Å². The molecule has 0 saturated heterocycles. The molecule has 0 aliphatic carbocycles. The zero-order valence-corrected chi connectivity index (χ0v) is 16.1. The van der Waals surface area contributed by atoms with Crippen LogP contribution in [0.5, 0.6) is 0 Å². The second-order valence-corrected chi connectivity index (χ2v) is 8.60. The average molecular weight is 468 g/mol. The second kappa shape index (κ2) is 9.08. The van der Waals surface area contributed by atoms with Crippen LogP contribution in [0.4, 0.5) is 26.3 Å². The molecule has 0 radical (unpaired) electrons. The summed E-state index contributed by atoms with van der Waals surface area (Å²) in [5.74, 6) is 0. The summed E-state index contributed by atoms with van der Waals surface area (Å²) >= 11 is 0. The number of aromatic nitrogens is 3. The minimum absolute atomic E-state index is 0.778. The molecule has 0 atom stereocenters. The van der Waals surface area contributed by atoms with E-state index >= 15 is 0 Å². The molecule has 2 aromatic rings. The summed E-state index contributed by atoms with van der Waals surface area (Å²) in [4.78, 5) is 0. The van der Waals surface area contributed by atoms with Crippen LogP contribution in [-0.4, -0.2) is 37.6 Å². The lowest BCUT2D eigenvalue weighted by atomic mass is 10.3. The zero-order valence-electron chi connectivity index (χ0n) is 14.5. The van der Waals surface area contributed by atoms with Crippen molar-refractivity contribution in [3.8, 4) is 5.69 Å². The van der Waals surface area contributed by atoms with Crippen LogP contribution in [-0.2, 0) is 26.6 Å². The van der Waals surface area contributed by atoms with E-state index in [0.29, 0.717) is 0 Å². The molecule has 29 heavy (non-hydrogen) atoms. The van der Waals surface area contributed by atoms with E-state index in [9.17, 15) is 43.2 Å². The summed E-state index contributed by atoms with van der Waals surface area (Å²) in [6, 6.07) is 10.1. The molecule has 0 saturated carbocycles. The number of aryl methyl sites for hydroxylation is 1. The standard InChI is InChI=1S/C11H14N3.C2F6NO4S2/c1-2-8-13-9-12-14(10-13)11-6-4-3-5-7-11;3-1(4,5)14(10,11)9-15(12,13)2(6,7)8/h3-7,9-10H,2,8H2,1H3;/q+1;-1. The Balaban J connectivity index is 0.000000290. The Morgan fingerprint density at radius 2 is 1.45 bits per heavy atom. The van der Waals surface area contributed by atoms with Crippen LogP contribution >= 0.6 is 0 Å². The molecular formula is C13H14F6N4O4S2. The molecule has 164 valence electrons. The smallest absolute Gasteiger partial charge is 0.421 e. The van der Waals surface area contributed by atoms with Crippen molar-refractivity contribution in [2.45, 2.75) is 30.9 Å². The van der Waals surface area contributed by atoms with Crippen LogP contribution in [0.2, 0.25) is 0 Å². The van der Waals surface area contributed by atoms with Gasteiger partial charge < -0.3 is 4.13 Å². The number of benzene rings is 1. The molecule has 0 fully saturated rings. The topological polar surface area (TPSA) is 104 Å². The molecule has 8 nitrogen and oxygen atoms in total. The van der Waals surface area contributed by atoms with Gasteiger partial charge in [-0.05, 0) is 18.6 Å². The Kier molecular flexibility index (Phi) is 7.78. The van der Waals surface area contributed by atoms with Crippen molar-refractivity contribution in [2.24, 2.45) is 0 Å². The molecule has 0 spiro atoms. The van der Waals surface area contributed by atoms with Gasteiger partial charge in [-0.25, -0.2) is 21.4 Å². The van der Waals surface area contributed by atoms with Crippen LogP contribution < -0.4 is 4.57 Å². The summed E-state index contributed by atoms with van der Waals surface area (Å²) < 4.78 is 113. The van der Waals surface area contributed by atoms with Gasteiger partial charge in [0.1, 0.15) is 5.69 Å². The Bertz CT molecular complexity index is 960. The summed E-state index contributed by atoms with van der Waals surface area (Å²) in [5, 5.41) is 4.28. The lowest BCUT2D eigenvalue weighted by Gasteiger charge is -2.22. The van der Waals surface area contributed by atoms with Crippen LogP contribution in [0.15, 0.2) is 43.0 Å². The van der Waals surface area contributed by atoms with Gasteiger partial charge in [0, 0.05) is 5.10 Å². The van der Waals surface area contributed by atoms with Crippen molar-refractivity contribution < 1.29 is 47.7 Å². The first-order chi connectivity index (χ1) is 13.1. The van der Waals surface area contributed by atoms with Gasteiger partial charge in [-0.2, -0.15) is 26.3 Å². The van der Waals surface area contributed by atoms with Crippen LogP contribution in [0.1, 0.15) is 13.3 Å². The van der Waals surface area contributed by atoms with E-state index < -0.39 is 31.1 Å². The number of hydrogen-bond donors (Lipinski definition) is 0. The van der Waals surface area contributed by atoms with E-state index in [0.717, 1.165) is 22.8 Å². The highest BCUT2D eigenvalue weighted by atomic mass is 32.3. The van der Waals surface area contributed by atoms with Gasteiger partial charge in [-0.1, -0.05) is 29.8 Å². The van der Waals surface area contributed by atoms with Gasteiger partial charge in [0.2, 0.25) is 6.33 Å². The first kappa shape index (κ1) is 24.8. The van der Waals surface area contributed by atoms with Crippen molar-refractivity contribution >= 4 is 20.0 Å². The minimum atomic E-state index is -6.72. The lowest BCUT2D eigenvalue weighted by molar-refractivity contribution is -0.697. The molecule has 0 bridgehead atoms. The fraction of sp³-hybridized carbons (Fsp3) is 0.385. The lowest BCUT2D eigenvalue weighted by Crippen LogP contribution is -2.30. The van der Waals surface area contributed by atoms with Crippen LogP contribution in [0.3, 0.4) is 0 Å². The van der Waals surface area contributed by atoms with Gasteiger partial charge in [0.25, 0.3) is 6.33 Å². The first-order valence-electron chi connectivity index (χ1n) is 7.46. The summed E-state index contributed by atoms with van der Waals surface area (Å²) in [7, 11) is -13.4. The molecule has 0 aliphatic heterocycles. The maximum Gasteiger partial charge on any atom is 0.480 e. The van der Waals surface area contributed by atoms with E-state index in [2.05, 4.69) is 16.6 Å². The molecule has 1 heterocycles.